The van der Waals surface area contributed by atoms with E-state index in [1.807, 2.05) is 30.5 Å². The predicted octanol–water partition coefficient (Wildman–Crippen LogP) is 4.47. The number of pyridine rings is 2. The second-order valence-electron chi connectivity index (χ2n) is 4.95. The highest BCUT2D eigenvalue weighted by Gasteiger charge is 2.01. The Labute approximate surface area is 146 Å². The van der Waals surface area contributed by atoms with Crippen LogP contribution in [-0.2, 0) is 0 Å². The topological polar surface area (TPSA) is 98.2 Å². The molecule has 4 aromatic rings. The number of rotatable bonds is 1. The predicted molar refractivity (Wildman–Crippen MR) is 100 cm³/mol. The van der Waals surface area contributed by atoms with Crippen LogP contribution in [0.1, 0.15) is 37.7 Å². The summed E-state index contributed by atoms with van der Waals surface area (Å²) in [6.45, 7) is 1.54. The molecule has 0 amide bonds. The van der Waals surface area contributed by atoms with Crippen molar-refractivity contribution in [3.8, 4) is 6.07 Å². The zero-order chi connectivity index (χ0) is 16.2. The molecule has 0 radical (unpaired) electrons. The summed E-state index contributed by atoms with van der Waals surface area (Å²) in [7, 11) is 0. The number of nitrogens with one attached hydrogen (secondary N) is 2. The molecule has 25 heavy (non-hydrogen) atoms. The van der Waals surface area contributed by atoms with E-state index in [0.29, 0.717) is 11.1 Å². The van der Waals surface area contributed by atoms with Crippen molar-refractivity contribution < 1.29 is 4.79 Å². The maximum Gasteiger partial charge on any atom is 0.161 e. The number of Topliss-reactive ketones (excluding diaryl/α,β-unsaturated/α-hetero) is 1. The standard InChI is InChI=1S/C9H8N2O.C8H5N3.2CH4/c1-6(12)8-4-7-2-3-10-9(7)11-5-8;9-4-6-3-7-1-2-10-8(7)11-5-6;;/h2-5H,1H3,(H,10,11);1-3,5H,(H,10,11);2*1H4. The number of nitrogens with zero attached hydrogens (tertiary/aromatic N) is 3. The minimum absolute atomic E-state index is 0. The smallest absolute Gasteiger partial charge is 0.161 e. The average molecular weight is 335 g/mol. The van der Waals surface area contributed by atoms with Crippen LogP contribution in [0.25, 0.3) is 22.1 Å². The van der Waals surface area contributed by atoms with Crippen molar-refractivity contribution in [1.29, 1.82) is 5.26 Å². The third-order valence-electron chi connectivity index (χ3n) is 3.34. The van der Waals surface area contributed by atoms with Crippen molar-refractivity contribution in [2.75, 3.05) is 0 Å². The minimum Gasteiger partial charge on any atom is -0.346 e. The van der Waals surface area contributed by atoms with Gasteiger partial charge in [0.25, 0.3) is 0 Å². The second-order valence-corrected chi connectivity index (χ2v) is 4.95. The summed E-state index contributed by atoms with van der Waals surface area (Å²) in [6.07, 6.45) is 6.75. The van der Waals surface area contributed by atoms with Gasteiger partial charge in [-0.2, -0.15) is 5.26 Å². The number of hydrogen-bond donors (Lipinski definition) is 2. The van der Waals surface area contributed by atoms with Gasteiger partial charge in [0, 0.05) is 41.1 Å². The number of nitriles is 1. The van der Waals surface area contributed by atoms with E-state index in [1.165, 1.54) is 6.92 Å². The molecule has 0 atom stereocenters. The van der Waals surface area contributed by atoms with E-state index in [2.05, 4.69) is 19.9 Å². The van der Waals surface area contributed by atoms with Crippen LogP contribution in [-0.4, -0.2) is 25.7 Å². The number of carbonyl (C=O) groups excluding carboxylic acids is 1. The highest BCUT2D eigenvalue weighted by molar-refractivity contribution is 5.96. The maximum atomic E-state index is 11.0. The van der Waals surface area contributed by atoms with E-state index in [0.717, 1.165) is 22.1 Å². The zero-order valence-electron chi connectivity index (χ0n) is 12.4. The Morgan fingerprint density at radius 2 is 1.56 bits per heavy atom. The van der Waals surface area contributed by atoms with Crippen LogP contribution < -0.4 is 0 Å². The molecule has 0 unspecified atom stereocenters. The summed E-state index contributed by atoms with van der Waals surface area (Å²) in [6, 6.07) is 9.46. The first-order chi connectivity index (χ1) is 11.2. The van der Waals surface area contributed by atoms with Gasteiger partial charge in [-0.25, -0.2) is 9.97 Å². The fraction of sp³-hybridized carbons (Fsp3) is 0.158. The fourth-order valence-corrected chi connectivity index (χ4v) is 2.13. The quantitative estimate of drug-likeness (QED) is 0.501. The summed E-state index contributed by atoms with van der Waals surface area (Å²) < 4.78 is 0. The third-order valence-corrected chi connectivity index (χ3v) is 3.34. The molecule has 0 saturated carbocycles. The summed E-state index contributed by atoms with van der Waals surface area (Å²) in [4.78, 5) is 25.0. The minimum atomic E-state index is 0. The van der Waals surface area contributed by atoms with Gasteiger partial charge in [-0.3, -0.25) is 4.79 Å². The van der Waals surface area contributed by atoms with Crippen LogP contribution in [0.15, 0.2) is 49.1 Å². The third kappa shape index (κ3) is 4.30. The summed E-state index contributed by atoms with van der Waals surface area (Å²) in [5.41, 5.74) is 2.89. The molecule has 0 aromatic carbocycles. The number of ketones is 1. The normalized spacial score (nSPS) is 9.28. The van der Waals surface area contributed by atoms with Gasteiger partial charge < -0.3 is 9.97 Å². The lowest BCUT2D eigenvalue weighted by molar-refractivity contribution is 0.101. The molecule has 6 nitrogen and oxygen atoms in total. The summed E-state index contributed by atoms with van der Waals surface area (Å²) in [5, 5.41) is 10.5. The Balaban J connectivity index is 0.000000232. The number of hydrogen-bond acceptors (Lipinski definition) is 4. The lowest BCUT2D eigenvalue weighted by atomic mass is 10.2. The molecule has 0 aliphatic rings. The van der Waals surface area contributed by atoms with E-state index in [-0.39, 0.29) is 20.6 Å². The Kier molecular flexibility index (Phi) is 6.59. The largest absolute Gasteiger partial charge is 0.346 e. The van der Waals surface area contributed by atoms with E-state index in [1.54, 1.807) is 24.7 Å². The highest BCUT2D eigenvalue weighted by atomic mass is 16.1. The molecule has 0 saturated heterocycles. The SMILES string of the molecule is C.C.CC(=O)c1cnc2[nH]ccc2c1.N#Cc1cnc2[nH]ccc2c1. The molecule has 4 aromatic heterocycles. The highest BCUT2D eigenvalue weighted by Crippen LogP contribution is 2.11. The van der Waals surface area contributed by atoms with Crippen LogP contribution in [0, 0.1) is 11.3 Å². The molecular weight excluding hydrogens is 314 g/mol. The molecule has 0 aliphatic carbocycles. The van der Waals surface area contributed by atoms with Crippen molar-refractivity contribution in [3.05, 3.63) is 60.2 Å². The van der Waals surface area contributed by atoms with E-state index in [9.17, 15) is 4.79 Å². The van der Waals surface area contributed by atoms with Crippen LogP contribution >= 0.6 is 0 Å². The van der Waals surface area contributed by atoms with Crippen LogP contribution in [0.4, 0.5) is 0 Å². The lowest BCUT2D eigenvalue weighted by Gasteiger charge is -1.93. The number of H-pyrrole nitrogens is 2. The van der Waals surface area contributed by atoms with Crippen LogP contribution in [0.3, 0.4) is 0 Å². The van der Waals surface area contributed by atoms with Gasteiger partial charge >= 0.3 is 0 Å². The molecule has 4 rings (SSSR count). The first kappa shape index (κ1) is 19.6. The number of carbonyl (C=O) groups is 1. The van der Waals surface area contributed by atoms with Gasteiger partial charge in [-0.05, 0) is 31.2 Å². The van der Waals surface area contributed by atoms with Gasteiger partial charge in [0.2, 0.25) is 0 Å². The van der Waals surface area contributed by atoms with Gasteiger partial charge in [0.15, 0.2) is 5.78 Å². The first-order valence-electron chi connectivity index (χ1n) is 6.94. The number of fused-ring (bicyclic) bond motifs is 2. The molecule has 4 heterocycles. The van der Waals surface area contributed by atoms with E-state index < -0.39 is 0 Å². The molecule has 128 valence electrons. The first-order valence-corrected chi connectivity index (χ1v) is 6.94. The van der Waals surface area contributed by atoms with Gasteiger partial charge in [-0.15, -0.1) is 0 Å². The van der Waals surface area contributed by atoms with Crippen molar-refractivity contribution in [2.45, 2.75) is 21.8 Å². The molecule has 0 spiro atoms. The van der Waals surface area contributed by atoms with Crippen molar-refractivity contribution in [1.82, 2.24) is 19.9 Å². The molecule has 2 N–H and O–H groups in total. The fourth-order valence-electron chi connectivity index (χ4n) is 2.13. The number of aromatic nitrogens is 4. The molecule has 0 bridgehead atoms. The van der Waals surface area contributed by atoms with Crippen molar-refractivity contribution in [2.24, 2.45) is 0 Å². The Morgan fingerprint density at radius 1 is 1.00 bits per heavy atom. The zero-order valence-corrected chi connectivity index (χ0v) is 12.4. The Morgan fingerprint density at radius 3 is 2.12 bits per heavy atom. The molecule has 0 aliphatic heterocycles. The summed E-state index contributed by atoms with van der Waals surface area (Å²) in [5.74, 6) is 0.0469. The van der Waals surface area contributed by atoms with Crippen LogP contribution in [0.2, 0.25) is 0 Å². The average Bonchev–Trinajstić information content (AvgIpc) is 3.22. The van der Waals surface area contributed by atoms with Gasteiger partial charge in [-0.1, -0.05) is 14.9 Å². The Bertz CT molecular complexity index is 1020. The van der Waals surface area contributed by atoms with Gasteiger partial charge in [0.05, 0.1) is 5.56 Å². The van der Waals surface area contributed by atoms with Crippen molar-refractivity contribution >= 4 is 27.9 Å². The number of aromatic amines is 2. The van der Waals surface area contributed by atoms with Crippen molar-refractivity contribution in [3.63, 3.8) is 0 Å². The summed E-state index contributed by atoms with van der Waals surface area (Å²) >= 11 is 0. The van der Waals surface area contributed by atoms with E-state index in [4.69, 9.17) is 5.26 Å². The maximum absolute atomic E-state index is 11.0. The second kappa shape index (κ2) is 8.41. The lowest BCUT2D eigenvalue weighted by Crippen LogP contribution is -1.92. The monoisotopic (exact) mass is 335 g/mol. The molecule has 6 heteroatoms. The Hall–Kier alpha value is -3.46. The molecular formula is C19H21N5O. The van der Waals surface area contributed by atoms with E-state index >= 15 is 0 Å². The molecule has 0 fully saturated rings. The van der Waals surface area contributed by atoms with Crippen LogP contribution in [0.5, 0.6) is 0 Å². The van der Waals surface area contributed by atoms with Gasteiger partial charge in [0.1, 0.15) is 17.4 Å².